The van der Waals surface area contributed by atoms with Crippen LogP contribution < -0.4 is 0 Å². The maximum Gasteiger partial charge on any atom is 0.332 e. The minimum absolute atomic E-state index is 0.311. The minimum atomic E-state index is -4.72. The first-order valence-electron chi connectivity index (χ1n) is 5.82. The van der Waals surface area contributed by atoms with Gasteiger partial charge < -0.3 is 4.90 Å². The summed E-state index contributed by atoms with van der Waals surface area (Å²) in [6.07, 6.45) is 0.901. The normalized spacial score (nSPS) is 15.8. The molecule has 0 aliphatic carbocycles. The molecule has 0 spiro atoms. The number of fused-ring (bicyclic) bond motifs is 1. The number of hydrogen-bond acceptors (Lipinski definition) is 3. The van der Waals surface area contributed by atoms with Gasteiger partial charge in [0.2, 0.25) is 0 Å². The SMILES string of the molecule is O=C(CF)N1CCc2ccc(S(=O)(=O)F)cc2CC1. The van der Waals surface area contributed by atoms with Gasteiger partial charge in [0.25, 0.3) is 5.91 Å². The summed E-state index contributed by atoms with van der Waals surface area (Å²) in [5.41, 5.74) is 1.55. The average Bonchev–Trinajstić information content (AvgIpc) is 2.58. The largest absolute Gasteiger partial charge is 0.340 e. The first-order valence-corrected chi connectivity index (χ1v) is 7.20. The number of benzene rings is 1. The molecular formula is C12H13F2NO3S. The van der Waals surface area contributed by atoms with Crippen molar-refractivity contribution >= 4 is 16.1 Å². The highest BCUT2D eigenvalue weighted by molar-refractivity contribution is 7.86. The van der Waals surface area contributed by atoms with Crippen molar-refractivity contribution in [3.05, 3.63) is 29.3 Å². The fourth-order valence-electron chi connectivity index (χ4n) is 2.19. The summed E-state index contributed by atoms with van der Waals surface area (Å²) >= 11 is 0. The van der Waals surface area contributed by atoms with E-state index in [4.69, 9.17) is 0 Å². The van der Waals surface area contributed by atoms with E-state index in [1.807, 2.05) is 0 Å². The maximum absolute atomic E-state index is 12.9. The van der Waals surface area contributed by atoms with Crippen molar-refractivity contribution < 1.29 is 21.5 Å². The molecule has 0 atom stereocenters. The van der Waals surface area contributed by atoms with E-state index in [1.165, 1.54) is 17.0 Å². The van der Waals surface area contributed by atoms with Crippen LogP contribution in [0, 0.1) is 0 Å². The Bertz CT molecular complexity index is 601. The van der Waals surface area contributed by atoms with Crippen LogP contribution in [0.4, 0.5) is 8.28 Å². The predicted molar refractivity (Wildman–Crippen MR) is 64.7 cm³/mol. The molecule has 1 aliphatic heterocycles. The van der Waals surface area contributed by atoms with Gasteiger partial charge in [0.15, 0.2) is 6.67 Å². The molecule has 1 aromatic carbocycles. The van der Waals surface area contributed by atoms with Gasteiger partial charge in [-0.2, -0.15) is 8.42 Å². The minimum Gasteiger partial charge on any atom is -0.340 e. The Balaban J connectivity index is 2.26. The fraction of sp³-hybridized carbons (Fsp3) is 0.417. The highest BCUT2D eigenvalue weighted by atomic mass is 32.3. The lowest BCUT2D eigenvalue weighted by Crippen LogP contribution is -2.34. The summed E-state index contributed by atoms with van der Waals surface area (Å²) in [7, 11) is -4.72. The topological polar surface area (TPSA) is 54.5 Å². The molecule has 0 saturated carbocycles. The molecule has 1 amide bonds. The molecule has 19 heavy (non-hydrogen) atoms. The third kappa shape index (κ3) is 3.09. The van der Waals surface area contributed by atoms with E-state index in [0.29, 0.717) is 31.5 Å². The van der Waals surface area contributed by atoms with Crippen LogP contribution in [0.3, 0.4) is 0 Å². The lowest BCUT2D eigenvalue weighted by molar-refractivity contribution is -0.132. The average molecular weight is 289 g/mol. The molecule has 1 aromatic rings. The predicted octanol–water partition coefficient (Wildman–Crippen LogP) is 1.24. The second-order valence-corrected chi connectivity index (χ2v) is 5.73. The zero-order chi connectivity index (χ0) is 14.0. The third-order valence-electron chi connectivity index (χ3n) is 3.23. The molecule has 1 heterocycles. The summed E-state index contributed by atoms with van der Waals surface area (Å²) in [5, 5.41) is 0. The van der Waals surface area contributed by atoms with Gasteiger partial charge in [-0.1, -0.05) is 6.07 Å². The first-order chi connectivity index (χ1) is 8.91. The van der Waals surface area contributed by atoms with Gasteiger partial charge in [0, 0.05) is 13.1 Å². The fourth-order valence-corrected chi connectivity index (χ4v) is 2.70. The summed E-state index contributed by atoms with van der Waals surface area (Å²) in [4.78, 5) is 12.3. The molecule has 0 fully saturated rings. The van der Waals surface area contributed by atoms with Crippen molar-refractivity contribution in [1.29, 1.82) is 0 Å². The van der Waals surface area contributed by atoms with Crippen LogP contribution in [-0.4, -0.2) is 39.0 Å². The number of nitrogens with zero attached hydrogens (tertiary/aromatic N) is 1. The molecule has 7 heteroatoms. The van der Waals surface area contributed by atoms with E-state index in [-0.39, 0.29) is 4.90 Å². The van der Waals surface area contributed by atoms with Crippen molar-refractivity contribution in [2.45, 2.75) is 17.7 Å². The van der Waals surface area contributed by atoms with Crippen LogP contribution in [0.1, 0.15) is 11.1 Å². The molecule has 104 valence electrons. The molecule has 1 aliphatic rings. The lowest BCUT2D eigenvalue weighted by atomic mass is 10.0. The monoisotopic (exact) mass is 289 g/mol. The van der Waals surface area contributed by atoms with Crippen molar-refractivity contribution in [1.82, 2.24) is 4.90 Å². The van der Waals surface area contributed by atoms with Crippen LogP contribution in [0.15, 0.2) is 23.1 Å². The van der Waals surface area contributed by atoms with Crippen LogP contribution >= 0.6 is 0 Å². The maximum atomic E-state index is 12.9. The Morgan fingerprint density at radius 1 is 1.21 bits per heavy atom. The number of carbonyl (C=O) groups excluding carboxylic acids is 1. The smallest absolute Gasteiger partial charge is 0.332 e. The van der Waals surface area contributed by atoms with E-state index < -0.39 is 22.8 Å². The van der Waals surface area contributed by atoms with Crippen LogP contribution in [0.5, 0.6) is 0 Å². The molecule has 0 aromatic heterocycles. The van der Waals surface area contributed by atoms with Gasteiger partial charge >= 0.3 is 10.2 Å². The van der Waals surface area contributed by atoms with Crippen molar-refractivity contribution in [2.24, 2.45) is 0 Å². The molecular weight excluding hydrogens is 276 g/mol. The summed E-state index contributed by atoms with van der Waals surface area (Å²) in [6, 6.07) is 4.04. The van der Waals surface area contributed by atoms with Crippen LogP contribution in [-0.2, 0) is 27.9 Å². The number of alkyl halides is 1. The van der Waals surface area contributed by atoms with E-state index in [9.17, 15) is 21.5 Å². The van der Waals surface area contributed by atoms with Gasteiger partial charge in [0.1, 0.15) is 0 Å². The Morgan fingerprint density at radius 2 is 1.84 bits per heavy atom. The Kier molecular flexibility index (Phi) is 3.84. The lowest BCUT2D eigenvalue weighted by Gasteiger charge is -2.18. The Hall–Kier alpha value is -1.50. The summed E-state index contributed by atoms with van der Waals surface area (Å²) in [5.74, 6) is -0.578. The van der Waals surface area contributed by atoms with Crippen molar-refractivity contribution in [3.8, 4) is 0 Å². The zero-order valence-electron chi connectivity index (χ0n) is 10.1. The number of rotatable bonds is 2. The standard InChI is InChI=1S/C12H13F2NO3S/c13-8-12(16)15-5-3-9-1-2-11(19(14,17)18)7-10(9)4-6-15/h1-2,7H,3-6,8H2. The van der Waals surface area contributed by atoms with Gasteiger partial charge in [-0.3, -0.25) is 4.79 Å². The molecule has 4 nitrogen and oxygen atoms in total. The van der Waals surface area contributed by atoms with E-state index in [1.54, 1.807) is 6.07 Å². The zero-order valence-corrected chi connectivity index (χ0v) is 10.9. The quantitative estimate of drug-likeness (QED) is 0.770. The summed E-state index contributed by atoms with van der Waals surface area (Å²) < 4.78 is 46.9. The highest BCUT2D eigenvalue weighted by Crippen LogP contribution is 2.21. The second kappa shape index (κ2) is 5.24. The van der Waals surface area contributed by atoms with E-state index in [2.05, 4.69) is 0 Å². The first kappa shape index (κ1) is 13.9. The highest BCUT2D eigenvalue weighted by Gasteiger charge is 2.20. The summed E-state index contributed by atoms with van der Waals surface area (Å²) in [6.45, 7) is -0.344. The molecule has 0 saturated heterocycles. The van der Waals surface area contributed by atoms with Crippen molar-refractivity contribution in [2.75, 3.05) is 19.8 Å². The van der Waals surface area contributed by atoms with Crippen molar-refractivity contribution in [3.63, 3.8) is 0 Å². The van der Waals surface area contributed by atoms with Gasteiger partial charge in [-0.05, 0) is 36.1 Å². The molecule has 0 unspecified atom stereocenters. The number of amides is 1. The number of halogens is 2. The molecule has 0 N–H and O–H groups in total. The molecule has 0 radical (unpaired) electrons. The Labute approximate surface area is 110 Å². The number of hydrogen-bond donors (Lipinski definition) is 0. The van der Waals surface area contributed by atoms with Crippen LogP contribution in [0.2, 0.25) is 0 Å². The molecule has 0 bridgehead atoms. The van der Waals surface area contributed by atoms with Gasteiger partial charge in [-0.25, -0.2) is 4.39 Å². The third-order valence-corrected chi connectivity index (χ3v) is 4.05. The second-order valence-electron chi connectivity index (χ2n) is 4.38. The number of carbonyl (C=O) groups is 1. The van der Waals surface area contributed by atoms with E-state index in [0.717, 1.165) is 5.56 Å². The molecule has 2 rings (SSSR count). The van der Waals surface area contributed by atoms with Gasteiger partial charge in [0.05, 0.1) is 4.90 Å². The van der Waals surface area contributed by atoms with Gasteiger partial charge in [-0.15, -0.1) is 3.89 Å². The van der Waals surface area contributed by atoms with Crippen LogP contribution in [0.25, 0.3) is 0 Å². The Morgan fingerprint density at radius 3 is 2.42 bits per heavy atom. The van der Waals surface area contributed by atoms with E-state index >= 15 is 0 Å².